The Morgan fingerprint density at radius 3 is 1.53 bits per heavy atom. The molecule has 0 aliphatic rings. The Kier molecular flexibility index (Phi) is 28.6. The van der Waals surface area contributed by atoms with Crippen molar-refractivity contribution in [2.24, 2.45) is 5.73 Å². The maximum atomic E-state index is 11.5. The van der Waals surface area contributed by atoms with Crippen LogP contribution in [-0.4, -0.2) is 123 Å². The van der Waals surface area contributed by atoms with Gasteiger partial charge >= 0.3 is 23.9 Å². The monoisotopic (exact) mass is 737 g/mol. The number of aliphatic carboxylic acids is 3. The zero-order chi connectivity index (χ0) is 36.3. The third kappa shape index (κ3) is 25.4. The Bertz CT molecular complexity index is 891. The van der Waals surface area contributed by atoms with Gasteiger partial charge in [0.05, 0.1) is 19.6 Å². The molecule has 0 aromatic rings. The second-order valence-corrected chi connectivity index (χ2v) is 13.5. The van der Waals surface area contributed by atoms with Crippen LogP contribution in [0.1, 0.15) is 118 Å². The number of carbonyl (C=O) groups is 5. The van der Waals surface area contributed by atoms with E-state index in [1.165, 1.54) is 51.4 Å². The molecule has 276 valence electrons. The van der Waals surface area contributed by atoms with Gasteiger partial charge in [0, 0.05) is 25.7 Å². The number of primary amides is 1. The van der Waals surface area contributed by atoms with Crippen molar-refractivity contribution in [3.63, 3.8) is 0 Å². The molecule has 1 atom stereocenters. The average molecular weight is 739 g/mol. The van der Waals surface area contributed by atoms with Gasteiger partial charge in [0.1, 0.15) is 4.32 Å². The molecule has 0 rings (SSSR count). The van der Waals surface area contributed by atoms with E-state index in [4.69, 9.17) is 10.8 Å². The van der Waals surface area contributed by atoms with E-state index in [0.29, 0.717) is 45.6 Å². The summed E-state index contributed by atoms with van der Waals surface area (Å²) in [4.78, 5) is 61.1. The van der Waals surface area contributed by atoms with Gasteiger partial charge in [-0.05, 0) is 32.4 Å². The first-order valence-electron chi connectivity index (χ1n) is 17.3. The van der Waals surface area contributed by atoms with Crippen LogP contribution in [0.25, 0.3) is 0 Å². The minimum absolute atomic E-state index is 0.0564. The number of unbranched alkanes of at least 4 members (excludes halogenated alkanes) is 9. The highest BCUT2D eigenvalue weighted by molar-refractivity contribution is 9.10. The molecule has 47 heavy (non-hydrogen) atoms. The fourth-order valence-corrected chi connectivity index (χ4v) is 5.37. The number of nitrogens with one attached hydrogen (secondary N) is 1. The summed E-state index contributed by atoms with van der Waals surface area (Å²) >= 11 is 3.26. The summed E-state index contributed by atoms with van der Waals surface area (Å²) in [5.41, 5.74) is 4.81. The summed E-state index contributed by atoms with van der Waals surface area (Å²) < 4.78 is -0.665. The molecule has 0 aliphatic heterocycles. The normalized spacial score (nSPS) is 12.1. The van der Waals surface area contributed by atoms with E-state index in [-0.39, 0.29) is 31.6 Å². The summed E-state index contributed by atoms with van der Waals surface area (Å²) in [5, 5.41) is 29.9. The number of hydrogen-bond donors (Lipinski definition) is 5. The van der Waals surface area contributed by atoms with Gasteiger partial charge in [-0.2, -0.15) is 0 Å². The van der Waals surface area contributed by atoms with Crippen molar-refractivity contribution in [3.8, 4) is 0 Å². The first-order valence-corrected chi connectivity index (χ1v) is 18.1. The number of urea groups is 1. The lowest BCUT2D eigenvalue weighted by Gasteiger charge is -2.34. The Balaban J connectivity index is 0. The predicted octanol–water partition coefficient (Wildman–Crippen LogP) is 5.00. The molecule has 0 saturated heterocycles. The zero-order valence-electron chi connectivity index (χ0n) is 29.6. The number of alkyl halides is 1. The zero-order valence-corrected chi connectivity index (χ0v) is 31.2. The smallest absolute Gasteiger partial charge is 0.318 e. The molecule has 13 nitrogen and oxygen atoms in total. The Morgan fingerprint density at radius 1 is 0.681 bits per heavy atom. The first-order chi connectivity index (χ1) is 22.2. The standard InChI is InChI=1S/C26H51N3O6.C7H13BrN2O2/c1-4-7-8-9-10-11-12-13-14-15-16-23(29(6-3)22-26(34)35)19-28(21-25(32)33)18-17-27(5-2)20-24(30)31;1-3-7(8,4-2)5(11)10-6(9)12/h23H,4-22H2,1-3H3,(H,30,31)(H,32,33)(H,34,35);3-4H2,1-2H3,(H3,9,10,11,12). The van der Waals surface area contributed by atoms with Crippen molar-refractivity contribution in [3.05, 3.63) is 0 Å². The van der Waals surface area contributed by atoms with E-state index in [0.717, 1.165) is 19.3 Å². The van der Waals surface area contributed by atoms with Gasteiger partial charge < -0.3 is 21.1 Å². The Labute approximate surface area is 291 Å². The van der Waals surface area contributed by atoms with Crippen LogP contribution in [0.5, 0.6) is 0 Å². The quantitative estimate of drug-likeness (QED) is 0.0536. The molecule has 0 spiro atoms. The van der Waals surface area contributed by atoms with Gasteiger partial charge in [-0.15, -0.1) is 0 Å². The maximum Gasteiger partial charge on any atom is 0.318 e. The van der Waals surface area contributed by atoms with Crippen LogP contribution in [0.4, 0.5) is 4.79 Å². The molecule has 0 radical (unpaired) electrons. The van der Waals surface area contributed by atoms with Crippen molar-refractivity contribution in [1.29, 1.82) is 0 Å². The number of hydrogen-bond acceptors (Lipinski definition) is 8. The lowest BCUT2D eigenvalue weighted by Crippen LogP contribution is -2.49. The minimum Gasteiger partial charge on any atom is -0.480 e. The van der Waals surface area contributed by atoms with Gasteiger partial charge in [-0.1, -0.05) is 115 Å². The third-order valence-electron chi connectivity index (χ3n) is 8.28. The van der Waals surface area contributed by atoms with Crippen LogP contribution in [0, 0.1) is 0 Å². The molecular formula is C33H64BrN5O8. The average Bonchev–Trinajstić information content (AvgIpc) is 3.00. The lowest BCUT2D eigenvalue weighted by atomic mass is 10.0. The Morgan fingerprint density at radius 2 is 1.13 bits per heavy atom. The van der Waals surface area contributed by atoms with Gasteiger partial charge in [0.2, 0.25) is 5.91 Å². The number of halogens is 1. The van der Waals surface area contributed by atoms with Gasteiger partial charge in [0.15, 0.2) is 0 Å². The Hall–Kier alpha value is -2.29. The number of carboxylic acids is 3. The van der Waals surface area contributed by atoms with Crippen LogP contribution >= 0.6 is 15.9 Å². The van der Waals surface area contributed by atoms with E-state index < -0.39 is 28.3 Å². The molecule has 0 bridgehead atoms. The van der Waals surface area contributed by atoms with Gasteiger partial charge in [-0.25, -0.2) is 4.79 Å². The number of amides is 3. The fraction of sp³-hybridized carbons (Fsp3) is 0.848. The summed E-state index contributed by atoms with van der Waals surface area (Å²) in [6, 6.07) is -0.871. The summed E-state index contributed by atoms with van der Waals surface area (Å²) in [6.07, 6.45) is 14.3. The molecule has 1 unspecified atom stereocenters. The number of imide groups is 1. The molecule has 0 saturated carbocycles. The topological polar surface area (TPSA) is 194 Å². The molecule has 6 N–H and O–H groups in total. The highest BCUT2D eigenvalue weighted by Crippen LogP contribution is 2.26. The van der Waals surface area contributed by atoms with Crippen LogP contribution in [0.15, 0.2) is 0 Å². The second-order valence-electron chi connectivity index (χ2n) is 12.0. The van der Waals surface area contributed by atoms with Crippen molar-refractivity contribution < 1.29 is 39.3 Å². The number of nitrogens with zero attached hydrogens (tertiary/aromatic N) is 3. The third-order valence-corrected chi connectivity index (χ3v) is 9.76. The fourth-order valence-electron chi connectivity index (χ4n) is 5.27. The van der Waals surface area contributed by atoms with Crippen molar-refractivity contribution >= 4 is 45.8 Å². The van der Waals surface area contributed by atoms with E-state index in [1.54, 1.807) is 4.90 Å². The molecular weight excluding hydrogens is 674 g/mol. The second kappa shape index (κ2) is 28.7. The van der Waals surface area contributed by atoms with Crippen LogP contribution in [-0.2, 0) is 19.2 Å². The van der Waals surface area contributed by atoms with Crippen LogP contribution < -0.4 is 11.1 Å². The number of carboxylic acid groups (broad SMARTS) is 3. The number of likely N-dealkylation sites (N-methyl/N-ethyl adjacent to an activating group) is 2. The summed E-state index contributed by atoms with van der Waals surface area (Å²) in [5.74, 6) is -3.11. The molecule has 0 heterocycles. The minimum atomic E-state index is -0.940. The van der Waals surface area contributed by atoms with Gasteiger partial charge in [-0.3, -0.25) is 39.2 Å². The maximum absolute atomic E-state index is 11.5. The molecule has 3 amide bonds. The van der Waals surface area contributed by atoms with Crippen LogP contribution in [0.2, 0.25) is 0 Å². The predicted molar refractivity (Wildman–Crippen MR) is 189 cm³/mol. The lowest BCUT2D eigenvalue weighted by molar-refractivity contribution is -0.141. The van der Waals surface area contributed by atoms with E-state index in [1.807, 2.05) is 42.8 Å². The van der Waals surface area contributed by atoms with Crippen LogP contribution in [0.3, 0.4) is 0 Å². The number of carbonyl (C=O) groups excluding carboxylic acids is 2. The number of rotatable bonds is 28. The van der Waals surface area contributed by atoms with E-state index >= 15 is 0 Å². The highest BCUT2D eigenvalue weighted by atomic mass is 79.9. The molecule has 0 aromatic carbocycles. The van der Waals surface area contributed by atoms with Gasteiger partial charge in [0.25, 0.3) is 0 Å². The van der Waals surface area contributed by atoms with Crippen molar-refractivity contribution in [2.75, 3.05) is 52.4 Å². The molecule has 0 fully saturated rings. The molecule has 0 aromatic heterocycles. The van der Waals surface area contributed by atoms with E-state index in [9.17, 15) is 34.2 Å². The number of nitrogens with two attached hydrogens (primary N) is 1. The summed E-state index contributed by atoms with van der Waals surface area (Å²) in [6.45, 7) is 11.9. The van der Waals surface area contributed by atoms with E-state index in [2.05, 4.69) is 22.9 Å². The molecule has 0 aliphatic carbocycles. The molecule has 14 heteroatoms. The largest absolute Gasteiger partial charge is 0.480 e. The first kappa shape index (κ1) is 46.8. The van der Waals surface area contributed by atoms with Crippen molar-refractivity contribution in [1.82, 2.24) is 20.0 Å². The van der Waals surface area contributed by atoms with Crippen molar-refractivity contribution in [2.45, 2.75) is 128 Å². The SMILES string of the molecule is CCC(Br)(CC)C(=O)NC(N)=O.CCCCCCCCCCCCC(CN(CCN(CC)CC(=O)O)CC(=O)O)N(CC)CC(=O)O. The highest BCUT2D eigenvalue weighted by Gasteiger charge is 2.32. The summed E-state index contributed by atoms with van der Waals surface area (Å²) in [7, 11) is 0.